The Bertz CT molecular complexity index is 713. The number of nitrogens with zero attached hydrogens (tertiary/aromatic N) is 3. The van der Waals surface area contributed by atoms with Crippen LogP contribution in [0.2, 0.25) is 0 Å². The fourth-order valence-corrected chi connectivity index (χ4v) is 1.64. The average Bonchev–Trinajstić information content (AvgIpc) is 2.79. The molecule has 0 amide bonds. The van der Waals surface area contributed by atoms with E-state index in [1.807, 2.05) is 0 Å². The Kier molecular flexibility index (Phi) is 3.81. The minimum atomic E-state index is 0.161. The molecule has 0 aromatic carbocycles. The van der Waals surface area contributed by atoms with E-state index in [1.54, 1.807) is 6.20 Å². The van der Waals surface area contributed by atoms with E-state index < -0.39 is 0 Å². The van der Waals surface area contributed by atoms with Crippen molar-refractivity contribution in [2.24, 2.45) is 11.6 Å². The van der Waals surface area contributed by atoms with E-state index in [0.29, 0.717) is 34.1 Å². The lowest BCUT2D eigenvalue weighted by molar-refractivity contribution is 0.408. The molecule has 0 saturated heterocycles. The van der Waals surface area contributed by atoms with Crippen molar-refractivity contribution < 1.29 is 0 Å². The van der Waals surface area contributed by atoms with Crippen LogP contribution in [0.25, 0.3) is 11.2 Å². The second-order valence-electron chi connectivity index (χ2n) is 3.84. The number of nitrogens with two attached hydrogens (primary N) is 3. The van der Waals surface area contributed by atoms with Crippen LogP contribution < -0.4 is 22.6 Å². The molecule has 106 valence electrons. The van der Waals surface area contributed by atoms with Gasteiger partial charge in [-0.15, -0.1) is 0 Å². The van der Waals surface area contributed by atoms with Crippen molar-refractivity contribution in [3.05, 3.63) is 23.0 Å². The fourth-order valence-electron chi connectivity index (χ4n) is 1.44. The topological polar surface area (TPSA) is 175 Å². The third-order valence-corrected chi connectivity index (χ3v) is 2.63. The van der Waals surface area contributed by atoms with E-state index in [1.165, 1.54) is 11.3 Å². The average molecular weight is 294 g/mol. The Morgan fingerprint density at radius 2 is 2.05 bits per heavy atom. The van der Waals surface area contributed by atoms with E-state index in [9.17, 15) is 0 Å². The van der Waals surface area contributed by atoms with Crippen LogP contribution in [0.3, 0.4) is 0 Å². The molecule has 2 aromatic rings. The molecule has 0 radical (unpaired) electrons. The zero-order valence-electron chi connectivity index (χ0n) is 10.3. The number of hydrogen-bond acceptors (Lipinski definition) is 8. The van der Waals surface area contributed by atoms with Gasteiger partial charge in [0.25, 0.3) is 0 Å². The lowest BCUT2D eigenvalue weighted by Crippen LogP contribution is -2.48. The van der Waals surface area contributed by atoms with Gasteiger partial charge in [0.05, 0.1) is 5.70 Å². The summed E-state index contributed by atoms with van der Waals surface area (Å²) in [5, 5.41) is 11.2. The van der Waals surface area contributed by atoms with E-state index in [-0.39, 0.29) is 5.84 Å². The zero-order chi connectivity index (χ0) is 14.7. The minimum Gasteiger partial charge on any atom is -0.395 e. The fraction of sp³-hybridized carbons (Fsp3) is 0.111. The van der Waals surface area contributed by atoms with Crippen molar-refractivity contribution in [3.8, 4) is 0 Å². The summed E-state index contributed by atoms with van der Waals surface area (Å²) in [5.41, 5.74) is 12.5. The maximum atomic E-state index is 7.17. The first-order valence-electron chi connectivity index (χ1n) is 5.47. The molecule has 1 aliphatic rings. The summed E-state index contributed by atoms with van der Waals surface area (Å²) in [6, 6.07) is 0. The maximum absolute atomic E-state index is 7.17. The molecule has 2 aromatic heterocycles. The molecular weight excluding hydrogens is 280 g/mol. The monoisotopic (exact) mass is 294 g/mol. The van der Waals surface area contributed by atoms with Crippen molar-refractivity contribution in [1.82, 2.24) is 30.3 Å². The SMILES string of the molecule is N=C1C(N)=CNCN1N.Nc1ncnc2[nH]c(=S)[nH]c12. The first kappa shape index (κ1) is 13.8. The molecule has 0 bridgehead atoms. The summed E-state index contributed by atoms with van der Waals surface area (Å²) < 4.78 is 0.507. The summed E-state index contributed by atoms with van der Waals surface area (Å²) in [6.07, 6.45) is 2.95. The highest BCUT2D eigenvalue weighted by molar-refractivity contribution is 7.71. The second-order valence-corrected chi connectivity index (χ2v) is 4.25. The third-order valence-electron chi connectivity index (χ3n) is 2.43. The summed E-state index contributed by atoms with van der Waals surface area (Å²) in [4.78, 5) is 13.4. The number of anilines is 1. The Hall–Kier alpha value is -2.66. The molecule has 10 N–H and O–H groups in total. The molecular formula is C9H14N10S. The molecule has 0 saturated carbocycles. The van der Waals surface area contributed by atoms with Crippen molar-refractivity contribution in [3.63, 3.8) is 0 Å². The van der Waals surface area contributed by atoms with Gasteiger partial charge in [-0.1, -0.05) is 0 Å². The van der Waals surface area contributed by atoms with Crippen LogP contribution in [0.15, 0.2) is 18.2 Å². The molecule has 0 spiro atoms. The Labute approximate surface area is 118 Å². The molecule has 3 rings (SSSR count). The number of hydrogen-bond donors (Lipinski definition) is 7. The van der Waals surface area contributed by atoms with Gasteiger partial charge in [0.2, 0.25) is 0 Å². The van der Waals surface area contributed by atoms with Crippen LogP contribution in [0.1, 0.15) is 0 Å². The van der Waals surface area contributed by atoms with Crippen LogP contribution in [0.4, 0.5) is 5.82 Å². The van der Waals surface area contributed by atoms with Crippen LogP contribution in [-0.4, -0.2) is 37.4 Å². The molecule has 3 heterocycles. The summed E-state index contributed by atoms with van der Waals surface area (Å²) >= 11 is 4.84. The summed E-state index contributed by atoms with van der Waals surface area (Å²) in [6.45, 7) is 0.444. The standard InChI is InChI=1S/C5H5N5S.C4H9N5/c6-3-2-4(8-1-7-3)10-5(11)9-2;5-3-1-8-2-9(7)4(3)6/h1H,(H4,6,7,8,9,10,11);1,6,8H,2,5,7H2. The molecule has 0 aliphatic carbocycles. The molecule has 11 heteroatoms. The van der Waals surface area contributed by atoms with Crippen LogP contribution in [0, 0.1) is 10.2 Å². The smallest absolute Gasteiger partial charge is 0.176 e. The van der Waals surface area contributed by atoms with Crippen molar-refractivity contribution in [2.45, 2.75) is 0 Å². The normalized spacial score (nSPS) is 14.3. The van der Waals surface area contributed by atoms with Crippen LogP contribution >= 0.6 is 12.2 Å². The molecule has 10 nitrogen and oxygen atoms in total. The zero-order valence-corrected chi connectivity index (χ0v) is 11.2. The summed E-state index contributed by atoms with van der Waals surface area (Å²) in [5.74, 6) is 5.86. The molecule has 1 aliphatic heterocycles. The van der Waals surface area contributed by atoms with Crippen molar-refractivity contribution >= 4 is 35.0 Å². The number of nitrogens with one attached hydrogen (secondary N) is 4. The molecule has 0 atom stereocenters. The number of nitrogen functional groups attached to an aromatic ring is 1. The van der Waals surface area contributed by atoms with E-state index in [0.717, 1.165) is 0 Å². The highest BCUT2D eigenvalue weighted by Crippen LogP contribution is 2.10. The van der Waals surface area contributed by atoms with Crippen LogP contribution in [-0.2, 0) is 0 Å². The van der Waals surface area contributed by atoms with Gasteiger partial charge in [-0.3, -0.25) is 10.4 Å². The Balaban J connectivity index is 0.000000151. The number of hydrazine groups is 1. The van der Waals surface area contributed by atoms with Gasteiger partial charge in [0.15, 0.2) is 22.1 Å². The van der Waals surface area contributed by atoms with Crippen molar-refractivity contribution in [1.29, 1.82) is 5.41 Å². The van der Waals surface area contributed by atoms with E-state index in [4.69, 9.17) is 34.9 Å². The lowest BCUT2D eigenvalue weighted by Gasteiger charge is -2.23. The van der Waals surface area contributed by atoms with Crippen LogP contribution in [0.5, 0.6) is 0 Å². The number of H-pyrrole nitrogens is 2. The van der Waals surface area contributed by atoms with Gasteiger partial charge in [-0.2, -0.15) is 0 Å². The first-order valence-corrected chi connectivity index (χ1v) is 5.88. The van der Waals surface area contributed by atoms with E-state index in [2.05, 4.69) is 25.3 Å². The number of aromatic amines is 2. The number of aromatic nitrogens is 4. The van der Waals surface area contributed by atoms with Gasteiger partial charge >= 0.3 is 0 Å². The third kappa shape index (κ3) is 2.84. The van der Waals surface area contributed by atoms with Gasteiger partial charge in [0.1, 0.15) is 18.5 Å². The predicted molar refractivity (Wildman–Crippen MR) is 77.5 cm³/mol. The number of amidine groups is 1. The quantitative estimate of drug-likeness (QED) is 0.241. The minimum absolute atomic E-state index is 0.161. The molecule has 0 unspecified atom stereocenters. The van der Waals surface area contributed by atoms with E-state index >= 15 is 0 Å². The largest absolute Gasteiger partial charge is 0.395 e. The molecule has 20 heavy (non-hydrogen) atoms. The summed E-state index contributed by atoms with van der Waals surface area (Å²) in [7, 11) is 0. The highest BCUT2D eigenvalue weighted by Gasteiger charge is 2.10. The lowest BCUT2D eigenvalue weighted by atomic mass is 10.4. The Morgan fingerprint density at radius 3 is 2.65 bits per heavy atom. The van der Waals surface area contributed by atoms with Crippen molar-refractivity contribution in [2.75, 3.05) is 12.4 Å². The van der Waals surface area contributed by atoms with Gasteiger partial charge < -0.3 is 26.8 Å². The molecule has 0 fully saturated rings. The van der Waals surface area contributed by atoms with Gasteiger partial charge in [-0.05, 0) is 12.2 Å². The maximum Gasteiger partial charge on any atom is 0.176 e. The number of imidazole rings is 1. The number of rotatable bonds is 0. The Morgan fingerprint density at radius 1 is 1.30 bits per heavy atom. The first-order chi connectivity index (χ1) is 9.49. The van der Waals surface area contributed by atoms with Gasteiger partial charge in [0, 0.05) is 6.20 Å². The highest BCUT2D eigenvalue weighted by atomic mass is 32.1. The number of fused-ring (bicyclic) bond motifs is 1. The van der Waals surface area contributed by atoms with Gasteiger partial charge in [-0.25, -0.2) is 15.8 Å². The predicted octanol–water partition coefficient (Wildman–Crippen LogP) is -0.902. The second kappa shape index (κ2) is 5.54.